The molecule has 0 heterocycles. The Hall–Kier alpha value is -1.16. The average Bonchev–Trinajstić information content (AvgIpc) is 2.39. The first-order chi connectivity index (χ1) is 8.67. The van der Waals surface area contributed by atoms with Gasteiger partial charge in [0.1, 0.15) is 12.1 Å². The van der Waals surface area contributed by atoms with Crippen LogP contribution in [-0.2, 0) is 14.1 Å². The summed E-state index contributed by atoms with van der Waals surface area (Å²) in [5, 5.41) is 9.17. The maximum absolute atomic E-state index is 11.4. The van der Waals surface area contributed by atoms with E-state index in [0.717, 1.165) is 0 Å². The number of carbonyl (C=O) groups excluding carboxylic acids is 1. The number of hydrogen-bond acceptors (Lipinski definition) is 5. The molecule has 1 rings (SSSR count). The number of rotatable bonds is 7. The number of ether oxygens (including phenoxy) is 1. The molecule has 0 saturated carbocycles. The minimum absolute atomic E-state index is 0.284. The molecule has 0 radical (unpaired) electrons. The third-order valence-electron chi connectivity index (χ3n) is 1.96. The highest BCUT2D eigenvalue weighted by Crippen LogP contribution is 2.39. The lowest BCUT2D eigenvalue weighted by Crippen LogP contribution is -2.22. The van der Waals surface area contributed by atoms with Gasteiger partial charge in [0.25, 0.3) is 8.38 Å². The second-order valence-electron chi connectivity index (χ2n) is 3.38. The molecule has 0 aliphatic heterocycles. The van der Waals surface area contributed by atoms with Gasteiger partial charge in [-0.05, 0) is 26.0 Å². The maximum atomic E-state index is 11.4. The molecule has 18 heavy (non-hydrogen) atoms. The Labute approximate surface area is 108 Å². The van der Waals surface area contributed by atoms with Gasteiger partial charge in [-0.25, -0.2) is 4.79 Å². The SMILES string of the molecule is CCOC(=O)C(C)OP(CO)Oc1ccccc1. The van der Waals surface area contributed by atoms with Crippen molar-refractivity contribution in [2.24, 2.45) is 0 Å². The fourth-order valence-electron chi connectivity index (χ4n) is 1.16. The molecule has 6 heteroatoms. The van der Waals surface area contributed by atoms with Crippen LogP contribution in [0.3, 0.4) is 0 Å². The number of aliphatic hydroxyl groups excluding tert-OH is 1. The highest BCUT2D eigenvalue weighted by Gasteiger charge is 2.22. The maximum Gasteiger partial charge on any atom is 0.335 e. The lowest BCUT2D eigenvalue weighted by molar-refractivity contribution is -0.150. The van der Waals surface area contributed by atoms with Crippen molar-refractivity contribution in [3.05, 3.63) is 30.3 Å². The highest BCUT2D eigenvalue weighted by molar-refractivity contribution is 7.47. The van der Waals surface area contributed by atoms with E-state index < -0.39 is 20.4 Å². The first kappa shape index (κ1) is 14.9. The van der Waals surface area contributed by atoms with Crippen LogP contribution in [0.5, 0.6) is 5.75 Å². The Balaban J connectivity index is 2.49. The summed E-state index contributed by atoms with van der Waals surface area (Å²) in [6.07, 6.45) is -1.04. The number of carbonyl (C=O) groups is 1. The summed E-state index contributed by atoms with van der Waals surface area (Å²) in [5.41, 5.74) is 0. The third-order valence-corrected chi connectivity index (χ3v) is 3.16. The molecular formula is C12H17O5P. The van der Waals surface area contributed by atoms with Crippen molar-refractivity contribution in [1.29, 1.82) is 0 Å². The summed E-state index contributed by atoms with van der Waals surface area (Å²) < 4.78 is 15.6. The molecule has 0 saturated heterocycles. The van der Waals surface area contributed by atoms with Gasteiger partial charge in [-0.2, -0.15) is 0 Å². The molecule has 0 aromatic heterocycles. The molecule has 0 fully saturated rings. The number of para-hydroxylation sites is 1. The number of aliphatic hydroxyl groups is 1. The monoisotopic (exact) mass is 272 g/mol. The van der Waals surface area contributed by atoms with Gasteiger partial charge in [0.2, 0.25) is 0 Å². The molecule has 1 N–H and O–H groups in total. The van der Waals surface area contributed by atoms with Gasteiger partial charge in [0.05, 0.1) is 6.61 Å². The second-order valence-corrected chi connectivity index (χ2v) is 4.72. The van der Waals surface area contributed by atoms with E-state index in [1.54, 1.807) is 26.0 Å². The zero-order valence-electron chi connectivity index (χ0n) is 10.4. The largest absolute Gasteiger partial charge is 0.464 e. The Morgan fingerprint density at radius 1 is 1.39 bits per heavy atom. The predicted octanol–water partition coefficient (Wildman–Crippen LogP) is 2.30. The molecule has 0 aliphatic rings. The summed E-state index contributed by atoms with van der Waals surface area (Å²) in [7, 11) is -1.56. The zero-order chi connectivity index (χ0) is 13.4. The molecule has 2 atom stereocenters. The Bertz CT molecular complexity index is 357. The molecule has 0 amide bonds. The van der Waals surface area contributed by atoms with Crippen LogP contribution >= 0.6 is 8.38 Å². The van der Waals surface area contributed by atoms with Crippen LogP contribution in [0.15, 0.2) is 30.3 Å². The smallest absolute Gasteiger partial charge is 0.335 e. The average molecular weight is 272 g/mol. The van der Waals surface area contributed by atoms with E-state index in [1.165, 1.54) is 0 Å². The van der Waals surface area contributed by atoms with E-state index in [4.69, 9.17) is 13.8 Å². The lowest BCUT2D eigenvalue weighted by Gasteiger charge is -2.19. The summed E-state index contributed by atoms with van der Waals surface area (Å²) >= 11 is 0. The topological polar surface area (TPSA) is 65.0 Å². The van der Waals surface area contributed by atoms with Gasteiger partial charge in [-0.3, -0.25) is 0 Å². The van der Waals surface area contributed by atoms with Crippen molar-refractivity contribution in [2.45, 2.75) is 20.0 Å². The van der Waals surface area contributed by atoms with Gasteiger partial charge in [-0.15, -0.1) is 0 Å². The molecule has 0 spiro atoms. The Morgan fingerprint density at radius 3 is 2.61 bits per heavy atom. The molecule has 5 nitrogen and oxygen atoms in total. The molecule has 2 unspecified atom stereocenters. The van der Waals surface area contributed by atoms with Crippen LogP contribution in [-0.4, -0.2) is 30.1 Å². The predicted molar refractivity (Wildman–Crippen MR) is 68.3 cm³/mol. The third kappa shape index (κ3) is 5.00. The quantitative estimate of drug-likeness (QED) is 0.609. The van der Waals surface area contributed by atoms with Crippen LogP contribution in [0.2, 0.25) is 0 Å². The first-order valence-electron chi connectivity index (χ1n) is 5.62. The fraction of sp³-hybridized carbons (Fsp3) is 0.417. The van der Waals surface area contributed by atoms with Gasteiger partial charge >= 0.3 is 5.97 Å². The molecule has 1 aromatic carbocycles. The van der Waals surface area contributed by atoms with E-state index in [0.29, 0.717) is 12.4 Å². The van der Waals surface area contributed by atoms with E-state index in [2.05, 4.69) is 0 Å². The van der Waals surface area contributed by atoms with Crippen molar-refractivity contribution >= 4 is 14.3 Å². The van der Waals surface area contributed by atoms with Crippen LogP contribution in [0.1, 0.15) is 13.8 Å². The highest BCUT2D eigenvalue weighted by atomic mass is 31.2. The number of benzene rings is 1. The van der Waals surface area contributed by atoms with Crippen molar-refractivity contribution in [3.8, 4) is 5.75 Å². The van der Waals surface area contributed by atoms with Crippen molar-refractivity contribution in [1.82, 2.24) is 0 Å². The summed E-state index contributed by atoms with van der Waals surface area (Å²) in [6, 6.07) is 8.99. The van der Waals surface area contributed by atoms with Crippen LogP contribution in [0.25, 0.3) is 0 Å². The van der Waals surface area contributed by atoms with Crippen LogP contribution in [0.4, 0.5) is 0 Å². The summed E-state index contributed by atoms with van der Waals surface area (Å²) in [4.78, 5) is 11.4. The molecule has 0 aliphatic carbocycles. The molecule has 0 bridgehead atoms. The minimum Gasteiger partial charge on any atom is -0.464 e. The number of esters is 1. The van der Waals surface area contributed by atoms with Crippen molar-refractivity contribution in [2.75, 3.05) is 13.0 Å². The molecule has 100 valence electrons. The summed E-state index contributed by atoms with van der Waals surface area (Å²) in [5.74, 6) is 0.129. The second kappa shape index (κ2) is 8.03. The first-order valence-corrected chi connectivity index (χ1v) is 6.98. The fourth-order valence-corrected chi connectivity index (χ4v) is 2.12. The van der Waals surface area contributed by atoms with Gasteiger partial charge in [0.15, 0.2) is 6.10 Å². The molecule has 1 aromatic rings. The van der Waals surface area contributed by atoms with E-state index in [-0.39, 0.29) is 6.35 Å². The van der Waals surface area contributed by atoms with Crippen LogP contribution in [0, 0.1) is 0 Å². The lowest BCUT2D eigenvalue weighted by atomic mass is 10.3. The normalized spacial score (nSPS) is 13.7. The van der Waals surface area contributed by atoms with Crippen molar-refractivity contribution in [3.63, 3.8) is 0 Å². The van der Waals surface area contributed by atoms with Crippen molar-refractivity contribution < 1.29 is 23.7 Å². The molecular weight excluding hydrogens is 255 g/mol. The zero-order valence-corrected chi connectivity index (χ0v) is 11.3. The van der Waals surface area contributed by atoms with E-state index in [1.807, 2.05) is 18.2 Å². The number of hydrogen-bond donors (Lipinski definition) is 1. The van der Waals surface area contributed by atoms with Crippen LogP contribution < -0.4 is 4.52 Å². The van der Waals surface area contributed by atoms with Gasteiger partial charge in [0, 0.05) is 0 Å². The Morgan fingerprint density at radius 2 is 2.06 bits per heavy atom. The standard InChI is InChI=1S/C12H17O5P/c1-3-15-12(14)10(2)16-18(9-13)17-11-7-5-4-6-8-11/h4-8,10,13H,3,9H2,1-2H3. The van der Waals surface area contributed by atoms with E-state index >= 15 is 0 Å². The summed E-state index contributed by atoms with van der Waals surface area (Å²) in [6.45, 7) is 3.58. The minimum atomic E-state index is -1.56. The van der Waals surface area contributed by atoms with Gasteiger partial charge in [-0.1, -0.05) is 18.2 Å². The van der Waals surface area contributed by atoms with E-state index in [9.17, 15) is 9.90 Å². The Kier molecular flexibility index (Phi) is 6.65. The van der Waals surface area contributed by atoms with Gasteiger partial charge < -0.3 is 18.9 Å².